The molecule has 0 radical (unpaired) electrons. The molecule has 0 bridgehead atoms. The number of carboxylic acids is 1. The molecular weight excluding hydrogens is 358 g/mol. The molecule has 1 unspecified atom stereocenters. The number of hydrogen-bond donors (Lipinski definition) is 2. The van der Waals surface area contributed by atoms with E-state index < -0.39 is 12.0 Å². The molecule has 0 heterocycles. The van der Waals surface area contributed by atoms with E-state index in [0.29, 0.717) is 22.0 Å². The molecule has 2 aromatic rings. The molecule has 4 nitrogen and oxygen atoms in total. The maximum atomic E-state index is 11.6. The molecule has 21 heavy (non-hydrogen) atoms. The fourth-order valence-electron chi connectivity index (χ4n) is 1.93. The number of para-hydroxylation sites is 2. The average molecular weight is 371 g/mol. The highest BCUT2D eigenvalue weighted by molar-refractivity contribution is 9.10. The van der Waals surface area contributed by atoms with Crippen molar-refractivity contribution in [1.82, 2.24) is 0 Å². The lowest BCUT2D eigenvalue weighted by molar-refractivity contribution is -0.138. The fourth-order valence-corrected chi connectivity index (χ4v) is 2.53. The van der Waals surface area contributed by atoms with Crippen LogP contribution in [0.1, 0.15) is 11.6 Å². The molecule has 0 saturated carbocycles. The third-order valence-electron chi connectivity index (χ3n) is 2.92. The van der Waals surface area contributed by atoms with Crippen LogP contribution in [0.2, 0.25) is 5.02 Å². The van der Waals surface area contributed by atoms with Crippen LogP contribution >= 0.6 is 27.5 Å². The number of anilines is 1. The molecule has 0 aliphatic heterocycles. The van der Waals surface area contributed by atoms with Gasteiger partial charge in [-0.3, -0.25) is 0 Å². The summed E-state index contributed by atoms with van der Waals surface area (Å²) in [7, 11) is 1.53. The van der Waals surface area contributed by atoms with Gasteiger partial charge in [-0.25, -0.2) is 4.79 Å². The van der Waals surface area contributed by atoms with Crippen molar-refractivity contribution in [3.63, 3.8) is 0 Å². The first-order valence-electron chi connectivity index (χ1n) is 6.10. The van der Waals surface area contributed by atoms with Crippen LogP contribution in [0.4, 0.5) is 5.69 Å². The minimum Gasteiger partial charge on any atom is -0.495 e. The number of halogens is 2. The van der Waals surface area contributed by atoms with E-state index in [1.807, 2.05) is 6.07 Å². The first kappa shape index (κ1) is 15.7. The maximum absolute atomic E-state index is 11.6. The number of methoxy groups -OCH3 is 1. The zero-order chi connectivity index (χ0) is 15.4. The Bertz CT molecular complexity index is 663. The summed E-state index contributed by atoms with van der Waals surface area (Å²) in [5.74, 6) is -0.462. The largest absolute Gasteiger partial charge is 0.495 e. The van der Waals surface area contributed by atoms with Crippen molar-refractivity contribution >= 4 is 39.2 Å². The zero-order valence-electron chi connectivity index (χ0n) is 11.1. The quantitative estimate of drug-likeness (QED) is 0.821. The number of hydrogen-bond acceptors (Lipinski definition) is 3. The maximum Gasteiger partial charge on any atom is 0.330 e. The van der Waals surface area contributed by atoms with E-state index >= 15 is 0 Å². The van der Waals surface area contributed by atoms with Crippen molar-refractivity contribution in [2.75, 3.05) is 12.4 Å². The van der Waals surface area contributed by atoms with Crippen LogP contribution in [0, 0.1) is 0 Å². The van der Waals surface area contributed by atoms with Crippen LogP contribution in [0.3, 0.4) is 0 Å². The summed E-state index contributed by atoms with van der Waals surface area (Å²) in [6.07, 6.45) is 0. The molecule has 0 aliphatic carbocycles. The van der Waals surface area contributed by atoms with Crippen LogP contribution < -0.4 is 10.1 Å². The monoisotopic (exact) mass is 369 g/mol. The first-order valence-corrected chi connectivity index (χ1v) is 7.27. The number of carboxylic acid groups (broad SMARTS) is 1. The molecule has 6 heteroatoms. The summed E-state index contributed by atoms with van der Waals surface area (Å²) in [4.78, 5) is 11.6. The molecule has 0 spiro atoms. The summed E-state index contributed by atoms with van der Waals surface area (Å²) < 4.78 is 5.98. The molecule has 0 aliphatic rings. The normalized spacial score (nSPS) is 11.8. The highest BCUT2D eigenvalue weighted by Crippen LogP contribution is 2.32. The highest BCUT2D eigenvalue weighted by atomic mass is 79.9. The lowest BCUT2D eigenvalue weighted by Gasteiger charge is -2.19. The van der Waals surface area contributed by atoms with Crippen LogP contribution in [-0.2, 0) is 4.79 Å². The van der Waals surface area contributed by atoms with Gasteiger partial charge in [0.15, 0.2) is 6.04 Å². The van der Waals surface area contributed by atoms with Gasteiger partial charge in [-0.05, 0) is 30.3 Å². The van der Waals surface area contributed by atoms with E-state index in [1.54, 1.807) is 36.4 Å². The Morgan fingerprint density at radius 3 is 2.71 bits per heavy atom. The van der Waals surface area contributed by atoms with E-state index in [2.05, 4.69) is 21.2 Å². The molecule has 2 rings (SSSR count). The lowest BCUT2D eigenvalue weighted by atomic mass is 10.1. The van der Waals surface area contributed by atoms with E-state index in [9.17, 15) is 9.90 Å². The summed E-state index contributed by atoms with van der Waals surface area (Å²) in [5, 5.41) is 12.8. The van der Waals surface area contributed by atoms with E-state index in [1.165, 1.54) is 7.11 Å². The van der Waals surface area contributed by atoms with Crippen molar-refractivity contribution in [2.45, 2.75) is 6.04 Å². The molecule has 0 aromatic heterocycles. The topological polar surface area (TPSA) is 58.6 Å². The molecule has 2 N–H and O–H groups in total. The third-order valence-corrected chi connectivity index (χ3v) is 3.76. The minimum absolute atomic E-state index is 0.382. The molecular formula is C15H13BrClNO3. The summed E-state index contributed by atoms with van der Waals surface area (Å²) in [6, 6.07) is 11.2. The Morgan fingerprint density at radius 1 is 1.33 bits per heavy atom. The fraction of sp³-hybridized carbons (Fsp3) is 0.133. The Kier molecular flexibility index (Phi) is 5.09. The number of ether oxygens (including phenoxy) is 1. The molecule has 1 atom stereocenters. The summed E-state index contributed by atoms with van der Waals surface area (Å²) in [6.45, 7) is 0. The lowest BCUT2D eigenvalue weighted by Crippen LogP contribution is -2.21. The number of nitrogens with one attached hydrogen (secondary N) is 1. The van der Waals surface area contributed by atoms with Gasteiger partial charge in [0.1, 0.15) is 5.75 Å². The minimum atomic E-state index is -1.03. The number of benzene rings is 2. The second-order valence-electron chi connectivity index (χ2n) is 4.28. The molecule has 2 aromatic carbocycles. The van der Waals surface area contributed by atoms with Gasteiger partial charge in [-0.1, -0.05) is 39.7 Å². The second kappa shape index (κ2) is 6.83. The molecule has 0 amide bonds. The van der Waals surface area contributed by atoms with E-state index in [0.717, 1.165) is 4.47 Å². The highest BCUT2D eigenvalue weighted by Gasteiger charge is 2.23. The van der Waals surface area contributed by atoms with Crippen molar-refractivity contribution in [3.05, 3.63) is 57.5 Å². The summed E-state index contributed by atoms with van der Waals surface area (Å²) >= 11 is 9.44. The van der Waals surface area contributed by atoms with Gasteiger partial charge >= 0.3 is 5.97 Å². The van der Waals surface area contributed by atoms with Crippen molar-refractivity contribution in [2.24, 2.45) is 0 Å². The molecule has 0 fully saturated rings. The Balaban J connectivity index is 2.40. The third kappa shape index (κ3) is 3.68. The van der Waals surface area contributed by atoms with Crippen LogP contribution in [0.25, 0.3) is 0 Å². The zero-order valence-corrected chi connectivity index (χ0v) is 13.5. The Hall–Kier alpha value is -1.72. The molecule has 0 saturated heterocycles. The number of carbonyl (C=O) groups is 1. The summed E-state index contributed by atoms with van der Waals surface area (Å²) in [5.41, 5.74) is 1.06. The van der Waals surface area contributed by atoms with Crippen LogP contribution in [-0.4, -0.2) is 18.2 Å². The van der Waals surface area contributed by atoms with Crippen molar-refractivity contribution < 1.29 is 14.6 Å². The second-order valence-corrected chi connectivity index (χ2v) is 5.60. The number of aliphatic carboxylic acids is 1. The van der Waals surface area contributed by atoms with Crippen molar-refractivity contribution in [1.29, 1.82) is 0 Å². The smallest absolute Gasteiger partial charge is 0.330 e. The number of rotatable bonds is 5. The predicted octanol–water partition coefficient (Wildman–Crippen LogP) is 4.35. The Morgan fingerprint density at radius 2 is 2.05 bits per heavy atom. The van der Waals surface area contributed by atoms with Crippen LogP contribution in [0.5, 0.6) is 5.75 Å². The molecule has 110 valence electrons. The predicted molar refractivity (Wildman–Crippen MR) is 86.1 cm³/mol. The first-order chi connectivity index (χ1) is 10.0. The SMILES string of the molecule is COc1ccccc1NC(C(=O)O)c1cc(Br)ccc1Cl. The standard InChI is InChI=1S/C15H13BrClNO3/c1-21-13-5-3-2-4-12(13)18-14(15(19)20)10-8-9(16)6-7-11(10)17/h2-8,14,18H,1H3,(H,19,20). The average Bonchev–Trinajstić information content (AvgIpc) is 2.47. The van der Waals surface area contributed by atoms with E-state index in [4.69, 9.17) is 16.3 Å². The van der Waals surface area contributed by atoms with Gasteiger partial charge < -0.3 is 15.2 Å². The van der Waals surface area contributed by atoms with Crippen molar-refractivity contribution in [3.8, 4) is 5.75 Å². The van der Waals surface area contributed by atoms with Gasteiger partial charge in [-0.2, -0.15) is 0 Å². The van der Waals surface area contributed by atoms with Gasteiger partial charge in [0.05, 0.1) is 12.8 Å². The van der Waals surface area contributed by atoms with Gasteiger partial charge in [0.25, 0.3) is 0 Å². The van der Waals surface area contributed by atoms with Gasteiger partial charge in [0, 0.05) is 15.1 Å². The van der Waals surface area contributed by atoms with Gasteiger partial charge in [0.2, 0.25) is 0 Å². The van der Waals surface area contributed by atoms with Crippen LogP contribution in [0.15, 0.2) is 46.9 Å². The van der Waals surface area contributed by atoms with Gasteiger partial charge in [-0.15, -0.1) is 0 Å². The Labute approximate surface area is 135 Å². The van der Waals surface area contributed by atoms with E-state index in [-0.39, 0.29) is 0 Å².